The van der Waals surface area contributed by atoms with Crippen molar-refractivity contribution >= 4 is 24.1 Å². The molecular weight excluding hydrogens is 374 g/mol. The molecule has 0 aromatic carbocycles. The van der Waals surface area contributed by atoms with Gasteiger partial charge in [0.2, 0.25) is 0 Å². The standard InChI is InChI=1S/C17H27N3O8/c1-8-27-15(23)19-11(14(22)26-7)10(13(21)25-6)12(18-17(3,4)5)20(19)16(24)28-9-2/h11,18H,8-9H2,1-7H3. The predicted molar refractivity (Wildman–Crippen MR) is 95.5 cm³/mol. The number of hydrogen-bond acceptors (Lipinski definition) is 9. The van der Waals surface area contributed by atoms with Crippen LogP contribution in [-0.4, -0.2) is 73.2 Å². The molecule has 28 heavy (non-hydrogen) atoms. The number of ether oxygens (including phenoxy) is 4. The molecule has 1 aliphatic rings. The van der Waals surface area contributed by atoms with Crippen LogP contribution in [0.25, 0.3) is 0 Å². The Kier molecular flexibility index (Phi) is 7.65. The van der Waals surface area contributed by atoms with Crippen LogP contribution in [0.5, 0.6) is 0 Å². The van der Waals surface area contributed by atoms with E-state index in [1.165, 1.54) is 0 Å². The first-order valence-electron chi connectivity index (χ1n) is 8.65. The van der Waals surface area contributed by atoms with E-state index in [0.29, 0.717) is 5.01 Å². The number of methoxy groups -OCH3 is 2. The van der Waals surface area contributed by atoms with Gasteiger partial charge in [0.05, 0.1) is 27.4 Å². The van der Waals surface area contributed by atoms with E-state index in [4.69, 9.17) is 18.9 Å². The van der Waals surface area contributed by atoms with Crippen LogP contribution in [0.2, 0.25) is 0 Å². The average molecular weight is 401 g/mol. The first-order chi connectivity index (χ1) is 13.0. The van der Waals surface area contributed by atoms with Gasteiger partial charge in [-0.25, -0.2) is 19.2 Å². The summed E-state index contributed by atoms with van der Waals surface area (Å²) < 4.78 is 19.5. The summed E-state index contributed by atoms with van der Waals surface area (Å²) in [4.78, 5) is 50.2. The lowest BCUT2D eigenvalue weighted by molar-refractivity contribution is -0.150. The van der Waals surface area contributed by atoms with Crippen molar-refractivity contribution < 1.29 is 38.1 Å². The molecule has 1 N–H and O–H groups in total. The fraction of sp³-hybridized carbons (Fsp3) is 0.647. The fourth-order valence-corrected chi connectivity index (χ4v) is 2.45. The summed E-state index contributed by atoms with van der Waals surface area (Å²) >= 11 is 0. The largest absolute Gasteiger partial charge is 0.467 e. The van der Waals surface area contributed by atoms with Crippen molar-refractivity contribution in [1.29, 1.82) is 0 Å². The van der Waals surface area contributed by atoms with Gasteiger partial charge in [-0.15, -0.1) is 0 Å². The van der Waals surface area contributed by atoms with Gasteiger partial charge in [0.25, 0.3) is 0 Å². The summed E-state index contributed by atoms with van der Waals surface area (Å²) in [5.41, 5.74) is -0.949. The molecule has 1 heterocycles. The molecule has 0 saturated heterocycles. The minimum Gasteiger partial charge on any atom is -0.467 e. The van der Waals surface area contributed by atoms with Crippen molar-refractivity contribution in [2.75, 3.05) is 27.4 Å². The van der Waals surface area contributed by atoms with E-state index >= 15 is 0 Å². The molecule has 158 valence electrons. The van der Waals surface area contributed by atoms with Gasteiger partial charge in [-0.1, -0.05) is 0 Å². The molecule has 11 heteroatoms. The molecule has 0 aromatic rings. The lowest BCUT2D eigenvalue weighted by atomic mass is 10.1. The number of amides is 2. The maximum atomic E-state index is 12.6. The third-order valence-corrected chi connectivity index (χ3v) is 3.42. The number of esters is 2. The van der Waals surface area contributed by atoms with Crippen molar-refractivity contribution in [1.82, 2.24) is 15.3 Å². The Bertz CT molecular complexity index is 668. The second kappa shape index (κ2) is 9.29. The van der Waals surface area contributed by atoms with Crippen LogP contribution >= 0.6 is 0 Å². The zero-order valence-electron chi connectivity index (χ0n) is 17.2. The van der Waals surface area contributed by atoms with E-state index in [1.54, 1.807) is 34.6 Å². The van der Waals surface area contributed by atoms with Gasteiger partial charge < -0.3 is 24.3 Å². The van der Waals surface area contributed by atoms with Crippen LogP contribution in [0, 0.1) is 0 Å². The lowest BCUT2D eigenvalue weighted by Gasteiger charge is -2.33. The van der Waals surface area contributed by atoms with E-state index in [9.17, 15) is 19.2 Å². The molecule has 1 atom stereocenters. The molecule has 0 spiro atoms. The molecule has 0 aliphatic carbocycles. The van der Waals surface area contributed by atoms with E-state index in [1.807, 2.05) is 0 Å². The summed E-state index contributed by atoms with van der Waals surface area (Å²) in [6, 6.07) is -1.61. The first-order valence-corrected chi connectivity index (χ1v) is 8.65. The third kappa shape index (κ3) is 4.84. The summed E-state index contributed by atoms with van der Waals surface area (Å²) in [7, 11) is 2.20. The quantitative estimate of drug-likeness (QED) is 0.533. The Labute approximate surface area is 163 Å². The van der Waals surface area contributed by atoms with Crippen LogP contribution < -0.4 is 5.32 Å². The number of carbonyl (C=O) groups is 4. The van der Waals surface area contributed by atoms with Gasteiger partial charge in [0.1, 0.15) is 11.4 Å². The molecule has 0 bridgehead atoms. The molecule has 0 fully saturated rings. The number of hydrogen-bond donors (Lipinski definition) is 1. The van der Waals surface area contributed by atoms with Gasteiger partial charge in [-0.05, 0) is 34.6 Å². The highest BCUT2D eigenvalue weighted by Crippen LogP contribution is 2.32. The van der Waals surface area contributed by atoms with Gasteiger partial charge in [-0.2, -0.15) is 10.0 Å². The van der Waals surface area contributed by atoms with Gasteiger partial charge in [-0.3, -0.25) is 0 Å². The van der Waals surface area contributed by atoms with Gasteiger partial charge in [0, 0.05) is 5.54 Å². The predicted octanol–water partition coefficient (Wildman–Crippen LogP) is 1.15. The minimum atomic E-state index is -1.61. The van der Waals surface area contributed by atoms with Crippen LogP contribution in [0.1, 0.15) is 34.6 Å². The Morgan fingerprint density at radius 2 is 1.50 bits per heavy atom. The molecule has 0 saturated carbocycles. The summed E-state index contributed by atoms with van der Waals surface area (Å²) in [5.74, 6) is -2.03. The normalized spacial score (nSPS) is 16.6. The molecule has 0 radical (unpaired) electrons. The molecule has 1 aliphatic heterocycles. The Hall–Kier alpha value is -2.98. The highest BCUT2D eigenvalue weighted by molar-refractivity contribution is 6.02. The maximum Gasteiger partial charge on any atom is 0.435 e. The Balaban J connectivity index is 3.74. The number of rotatable bonds is 5. The van der Waals surface area contributed by atoms with Crippen molar-refractivity contribution in [3.63, 3.8) is 0 Å². The summed E-state index contributed by atoms with van der Waals surface area (Å²) in [6.45, 7) is 8.37. The van der Waals surface area contributed by atoms with Crippen LogP contribution in [-0.2, 0) is 28.5 Å². The van der Waals surface area contributed by atoms with Crippen molar-refractivity contribution in [2.45, 2.75) is 46.2 Å². The second-order valence-electron chi connectivity index (χ2n) is 6.61. The lowest BCUT2D eigenvalue weighted by Crippen LogP contribution is -2.54. The van der Waals surface area contributed by atoms with Crippen LogP contribution in [0.15, 0.2) is 11.4 Å². The Morgan fingerprint density at radius 1 is 0.964 bits per heavy atom. The summed E-state index contributed by atoms with van der Waals surface area (Å²) in [6.07, 6.45) is -2.03. The zero-order valence-corrected chi connectivity index (χ0v) is 17.2. The molecule has 0 aromatic heterocycles. The monoisotopic (exact) mass is 401 g/mol. The Morgan fingerprint density at radius 3 is 1.93 bits per heavy atom. The topological polar surface area (TPSA) is 124 Å². The highest BCUT2D eigenvalue weighted by atomic mass is 16.6. The maximum absolute atomic E-state index is 12.6. The van der Waals surface area contributed by atoms with Crippen molar-refractivity contribution in [3.05, 3.63) is 11.4 Å². The van der Waals surface area contributed by atoms with E-state index in [2.05, 4.69) is 5.32 Å². The van der Waals surface area contributed by atoms with Crippen molar-refractivity contribution in [3.8, 4) is 0 Å². The molecular formula is C17H27N3O8. The number of nitrogens with zero attached hydrogens (tertiary/aromatic N) is 2. The molecule has 1 unspecified atom stereocenters. The van der Waals surface area contributed by atoms with E-state index < -0.39 is 35.7 Å². The van der Waals surface area contributed by atoms with Gasteiger partial charge >= 0.3 is 24.1 Å². The third-order valence-electron chi connectivity index (χ3n) is 3.42. The average Bonchev–Trinajstić information content (AvgIpc) is 2.93. The highest BCUT2D eigenvalue weighted by Gasteiger charge is 2.54. The number of hydrazine groups is 1. The summed E-state index contributed by atoms with van der Waals surface area (Å²) in [5, 5.41) is 4.38. The molecule has 1 rings (SSSR count). The number of carbonyl (C=O) groups excluding carboxylic acids is 4. The minimum absolute atomic E-state index is 0.00869. The van der Waals surface area contributed by atoms with E-state index in [-0.39, 0.29) is 24.6 Å². The molecule has 2 amide bonds. The number of nitrogens with one attached hydrogen (secondary N) is 1. The fourth-order valence-electron chi connectivity index (χ4n) is 2.45. The van der Waals surface area contributed by atoms with Crippen molar-refractivity contribution in [2.24, 2.45) is 0 Å². The zero-order chi connectivity index (χ0) is 21.6. The van der Waals surface area contributed by atoms with E-state index in [0.717, 1.165) is 19.2 Å². The SMILES string of the molecule is CCOC(=O)N1C(NC(C)(C)C)=C(C(=O)OC)C(C(=O)OC)N1C(=O)OCC. The van der Waals surface area contributed by atoms with Crippen LogP contribution in [0.4, 0.5) is 9.59 Å². The molecule has 11 nitrogen and oxygen atoms in total. The van der Waals surface area contributed by atoms with Gasteiger partial charge in [0.15, 0.2) is 6.04 Å². The first kappa shape index (κ1) is 23.1. The van der Waals surface area contributed by atoms with Crippen LogP contribution in [0.3, 0.4) is 0 Å². The second-order valence-corrected chi connectivity index (χ2v) is 6.61. The smallest absolute Gasteiger partial charge is 0.435 e.